The fourth-order valence-corrected chi connectivity index (χ4v) is 8.44. The van der Waals surface area contributed by atoms with Gasteiger partial charge in [0, 0.05) is 35.2 Å². The standard InChI is InChI=1S/C29H36O9/c1-14(30)37-21(26(34)35-6)22-27(2,3)23(32)17-11-16-18(29(22,5)24(17)33)7-9-28(4)19(16)12-20(31)38-25(28)15-8-10-36-13-15/h8,10,13,17-18,21-23,25,32H,7,9,11-12H2,1-6H3/t17-,18-,21+,22-,23+,25-,28+,29+/m0/s1. The third-order valence-corrected chi connectivity index (χ3v) is 10.1. The Morgan fingerprint density at radius 3 is 2.50 bits per heavy atom. The molecule has 3 fully saturated rings. The van der Waals surface area contributed by atoms with Gasteiger partial charge >= 0.3 is 17.9 Å². The third kappa shape index (κ3) is 3.53. The number of rotatable bonds is 4. The predicted molar refractivity (Wildman–Crippen MR) is 132 cm³/mol. The highest BCUT2D eigenvalue weighted by atomic mass is 16.6. The molecule has 8 atom stereocenters. The average Bonchev–Trinajstić information content (AvgIpc) is 3.38. The molecule has 0 unspecified atom stereocenters. The number of furan rings is 1. The van der Waals surface area contributed by atoms with Gasteiger partial charge in [-0.15, -0.1) is 0 Å². The topological polar surface area (TPSA) is 129 Å². The summed E-state index contributed by atoms with van der Waals surface area (Å²) >= 11 is 0. The molecule has 4 aliphatic rings. The van der Waals surface area contributed by atoms with Gasteiger partial charge in [-0.25, -0.2) is 4.79 Å². The Hall–Kier alpha value is -2.94. The van der Waals surface area contributed by atoms with Crippen molar-refractivity contribution < 1.29 is 42.9 Å². The molecular formula is C29H36O9. The van der Waals surface area contributed by atoms with Gasteiger partial charge in [-0.1, -0.05) is 33.3 Å². The van der Waals surface area contributed by atoms with E-state index in [2.05, 4.69) is 6.92 Å². The molecule has 38 heavy (non-hydrogen) atoms. The van der Waals surface area contributed by atoms with Crippen LogP contribution in [0.5, 0.6) is 0 Å². The Morgan fingerprint density at radius 1 is 1.18 bits per heavy atom. The van der Waals surface area contributed by atoms with Crippen molar-refractivity contribution in [3.8, 4) is 0 Å². The minimum Gasteiger partial charge on any atom is -0.472 e. The molecule has 9 nitrogen and oxygen atoms in total. The van der Waals surface area contributed by atoms with Crippen molar-refractivity contribution in [2.45, 2.75) is 78.6 Å². The van der Waals surface area contributed by atoms with Crippen molar-refractivity contribution in [2.75, 3.05) is 7.11 Å². The first-order valence-corrected chi connectivity index (χ1v) is 13.2. The molecule has 0 aromatic carbocycles. The minimum absolute atomic E-state index is 0.0994. The van der Waals surface area contributed by atoms with Crippen LogP contribution in [-0.4, -0.2) is 48.1 Å². The minimum atomic E-state index is -1.37. The first-order chi connectivity index (χ1) is 17.8. The maximum absolute atomic E-state index is 14.2. The molecular weight excluding hydrogens is 492 g/mol. The highest BCUT2D eigenvalue weighted by molar-refractivity contribution is 5.93. The van der Waals surface area contributed by atoms with Crippen LogP contribution in [0.1, 0.15) is 72.0 Å². The molecule has 1 aromatic heterocycles. The predicted octanol–water partition coefficient (Wildman–Crippen LogP) is 3.70. The van der Waals surface area contributed by atoms with Gasteiger partial charge in [-0.05, 0) is 42.2 Å². The molecule has 1 saturated heterocycles. The van der Waals surface area contributed by atoms with Crippen LogP contribution in [0.4, 0.5) is 0 Å². The maximum Gasteiger partial charge on any atom is 0.347 e. The Bertz CT molecular complexity index is 1210. The van der Waals surface area contributed by atoms with Gasteiger partial charge < -0.3 is 23.7 Å². The number of carbonyl (C=O) groups is 4. The van der Waals surface area contributed by atoms with Crippen molar-refractivity contribution in [1.29, 1.82) is 0 Å². The lowest BCUT2D eigenvalue weighted by atomic mass is 9.40. The quantitative estimate of drug-likeness (QED) is 0.353. The SMILES string of the molecule is COC(=O)[C@H](OC(C)=O)[C@H]1C(C)(C)[C@H](O)[C@@H]2CC3=C4CC(=O)O[C@@H](c5ccoc5)[C@]4(C)CC[C@@H]3[C@@]1(C)C2=O. The van der Waals surface area contributed by atoms with Crippen molar-refractivity contribution in [2.24, 2.45) is 34.0 Å². The summed E-state index contributed by atoms with van der Waals surface area (Å²) in [6.45, 7) is 8.76. The van der Waals surface area contributed by atoms with E-state index in [1.54, 1.807) is 18.6 Å². The summed E-state index contributed by atoms with van der Waals surface area (Å²) in [5, 5.41) is 11.6. The Kier molecular flexibility index (Phi) is 6.17. The number of hydrogen-bond donors (Lipinski definition) is 1. The van der Waals surface area contributed by atoms with E-state index in [1.807, 2.05) is 20.8 Å². The molecule has 2 saturated carbocycles. The lowest BCUT2D eigenvalue weighted by molar-refractivity contribution is -0.210. The zero-order valence-corrected chi connectivity index (χ0v) is 22.7. The van der Waals surface area contributed by atoms with Gasteiger partial charge in [0.1, 0.15) is 11.9 Å². The van der Waals surface area contributed by atoms with Crippen LogP contribution in [0.3, 0.4) is 0 Å². The molecule has 3 aliphatic carbocycles. The summed E-state index contributed by atoms with van der Waals surface area (Å²) in [5.41, 5.74) is 0.0756. The summed E-state index contributed by atoms with van der Waals surface area (Å²) in [7, 11) is 1.21. The van der Waals surface area contributed by atoms with Crippen LogP contribution in [0.25, 0.3) is 0 Å². The fraction of sp³-hybridized carbons (Fsp3) is 0.655. The van der Waals surface area contributed by atoms with E-state index in [4.69, 9.17) is 18.6 Å². The smallest absolute Gasteiger partial charge is 0.347 e. The van der Waals surface area contributed by atoms with Crippen LogP contribution in [0, 0.1) is 34.0 Å². The zero-order valence-electron chi connectivity index (χ0n) is 22.7. The summed E-state index contributed by atoms with van der Waals surface area (Å²) in [6, 6.07) is 1.80. The van der Waals surface area contributed by atoms with Gasteiger partial charge in [0.2, 0.25) is 6.10 Å². The molecule has 1 N–H and O–H groups in total. The van der Waals surface area contributed by atoms with E-state index >= 15 is 0 Å². The molecule has 1 aliphatic heterocycles. The van der Waals surface area contributed by atoms with Crippen molar-refractivity contribution >= 4 is 23.7 Å². The van der Waals surface area contributed by atoms with Gasteiger partial charge in [-0.2, -0.15) is 0 Å². The molecule has 0 radical (unpaired) electrons. The molecule has 9 heteroatoms. The van der Waals surface area contributed by atoms with Gasteiger partial charge in [0.25, 0.3) is 0 Å². The number of carbonyl (C=O) groups excluding carboxylic acids is 4. The van der Waals surface area contributed by atoms with Crippen LogP contribution in [-0.2, 0) is 33.4 Å². The third-order valence-electron chi connectivity index (χ3n) is 10.1. The lowest BCUT2D eigenvalue weighted by Crippen LogP contribution is -2.69. The second-order valence-electron chi connectivity index (χ2n) is 12.4. The van der Waals surface area contributed by atoms with Crippen molar-refractivity contribution in [3.63, 3.8) is 0 Å². The Labute approximate surface area is 221 Å². The van der Waals surface area contributed by atoms with Crippen LogP contribution < -0.4 is 0 Å². The van der Waals surface area contributed by atoms with Crippen molar-refractivity contribution in [3.05, 3.63) is 35.3 Å². The number of esters is 3. The number of ketones is 1. The number of methoxy groups -OCH3 is 1. The van der Waals surface area contributed by atoms with E-state index in [0.717, 1.165) is 16.7 Å². The summed E-state index contributed by atoms with van der Waals surface area (Å²) in [5.74, 6) is -3.80. The van der Waals surface area contributed by atoms with Gasteiger partial charge in [0.15, 0.2) is 0 Å². The Balaban J connectivity index is 1.70. The summed E-state index contributed by atoms with van der Waals surface area (Å²) < 4.78 is 21.7. The maximum atomic E-state index is 14.2. The normalized spacial score (nSPS) is 38.4. The number of aliphatic hydroxyl groups excluding tert-OH is 1. The van der Waals surface area contributed by atoms with Gasteiger partial charge in [-0.3, -0.25) is 14.4 Å². The summed E-state index contributed by atoms with van der Waals surface area (Å²) in [6.07, 6.45) is 1.82. The number of ether oxygens (including phenoxy) is 3. The van der Waals surface area contributed by atoms with Gasteiger partial charge in [0.05, 0.1) is 32.2 Å². The molecule has 206 valence electrons. The van der Waals surface area contributed by atoms with Crippen LogP contribution in [0.2, 0.25) is 0 Å². The summed E-state index contributed by atoms with van der Waals surface area (Å²) in [4.78, 5) is 52.2. The number of hydrogen-bond acceptors (Lipinski definition) is 9. The van der Waals surface area contributed by atoms with E-state index in [1.165, 1.54) is 14.0 Å². The second kappa shape index (κ2) is 8.79. The molecule has 5 rings (SSSR count). The van der Waals surface area contributed by atoms with E-state index in [-0.39, 0.29) is 24.1 Å². The van der Waals surface area contributed by atoms with E-state index in [0.29, 0.717) is 19.3 Å². The molecule has 0 spiro atoms. The molecule has 2 heterocycles. The van der Waals surface area contributed by atoms with Crippen LogP contribution >= 0.6 is 0 Å². The fourth-order valence-electron chi connectivity index (χ4n) is 8.44. The molecule has 0 amide bonds. The number of allylic oxidation sites excluding steroid dienone is 1. The highest BCUT2D eigenvalue weighted by Crippen LogP contribution is 2.67. The highest BCUT2D eigenvalue weighted by Gasteiger charge is 2.70. The largest absolute Gasteiger partial charge is 0.472 e. The number of aliphatic hydroxyl groups is 1. The molecule has 2 bridgehead atoms. The second-order valence-corrected chi connectivity index (χ2v) is 12.4. The van der Waals surface area contributed by atoms with Crippen LogP contribution in [0.15, 0.2) is 34.2 Å². The van der Waals surface area contributed by atoms with Crippen molar-refractivity contribution in [1.82, 2.24) is 0 Å². The van der Waals surface area contributed by atoms with E-state index < -0.39 is 58.3 Å². The number of cyclic esters (lactones) is 1. The number of Topliss-reactive ketones (excluding diaryl/α,β-unsaturated/α-hetero) is 1. The first kappa shape index (κ1) is 26.7. The van der Waals surface area contributed by atoms with E-state index in [9.17, 15) is 24.3 Å². The zero-order chi connectivity index (χ0) is 27.8. The average molecular weight is 529 g/mol. The number of fused-ring (bicyclic) bond motifs is 5. The first-order valence-electron chi connectivity index (χ1n) is 13.2. The molecule has 1 aromatic rings. The lowest BCUT2D eigenvalue weighted by Gasteiger charge is -2.63. The monoisotopic (exact) mass is 528 g/mol. The Morgan fingerprint density at radius 2 is 1.89 bits per heavy atom.